The highest BCUT2D eigenvalue weighted by molar-refractivity contribution is 6.62. The van der Waals surface area contributed by atoms with Crippen molar-refractivity contribution in [2.75, 3.05) is 107 Å². The SMILES string of the molecule is C.C.C.C.C.C.C.C.C.C.CCC[Si](OC)(OC)OC.CC[Si](OC)(OC)OC.CO[Si](C)(OC)OC.CO[Si](O)(OC)OC.CO[Si](OC)(OC)C(C)C. The van der Waals surface area contributed by atoms with Crippen molar-refractivity contribution >= 4 is 44.3 Å². The molecule has 0 spiro atoms. The van der Waals surface area contributed by atoms with Gasteiger partial charge in [-0.05, 0) is 0 Å². The Morgan fingerprint density at radius 3 is 0.636 bits per heavy atom. The molecule has 0 amide bonds. The fraction of sp³-hybridized carbons (Fsp3) is 1.00. The molecule has 55 heavy (non-hydrogen) atoms. The van der Waals surface area contributed by atoms with Crippen molar-refractivity contribution in [2.45, 2.75) is 133 Å². The Balaban J connectivity index is -0.0000000268. The second-order valence-corrected chi connectivity index (χ2v) is 23.9. The van der Waals surface area contributed by atoms with Crippen LogP contribution in [-0.4, -0.2) is 156 Å². The van der Waals surface area contributed by atoms with Gasteiger partial charge in [0.15, 0.2) is 0 Å². The van der Waals surface area contributed by atoms with Crippen molar-refractivity contribution < 1.29 is 71.2 Å². The van der Waals surface area contributed by atoms with Crippen LogP contribution in [0, 0.1) is 0 Å². The topological polar surface area (TPSA) is 159 Å². The summed E-state index contributed by atoms with van der Waals surface area (Å²) in [6.45, 7) is 9.96. The Kier molecular flexibility index (Phi) is 107. The van der Waals surface area contributed by atoms with Gasteiger partial charge in [-0.25, -0.2) is 0 Å². The summed E-state index contributed by atoms with van der Waals surface area (Å²) in [6.07, 6.45) is 1.03. The molecule has 16 nitrogen and oxygen atoms in total. The standard InChI is InChI=1S/2C6H16O3Si.C5H14O3Si.C4H12O3Si.C3H10O4Si.10CH4/c1-6(2)10(7-3,8-4)9-5;1-5-6-10(7-2,8-3)9-4;1-5-9(6-2,7-3)8-4;2*1-5-8(4,6-2)7-3;;;;;;;;;;/h6H,1-5H3;5-6H2,1-4H3;5H2,1-4H3;1-4H3;4H,1-3H3;10*1H4. The lowest BCUT2D eigenvalue weighted by Crippen LogP contribution is -2.45. The van der Waals surface area contributed by atoms with Crippen LogP contribution in [0.4, 0.5) is 0 Å². The zero-order valence-electron chi connectivity index (χ0n) is 31.8. The van der Waals surface area contributed by atoms with Crippen LogP contribution in [0.15, 0.2) is 0 Å². The molecule has 0 aromatic rings. The molecule has 1 N–H and O–H groups in total. The second-order valence-electron chi connectivity index (χ2n) is 8.68. The molecule has 0 fully saturated rings. The Bertz CT molecular complexity index is 547. The predicted octanol–water partition coefficient (Wildman–Crippen LogP) is 9.64. The van der Waals surface area contributed by atoms with Crippen LogP contribution in [0.5, 0.6) is 0 Å². The predicted molar refractivity (Wildman–Crippen MR) is 250 cm³/mol. The average Bonchev–Trinajstić information content (AvgIpc) is 3.10. The molecule has 0 rings (SSSR count). The molecule has 0 aliphatic rings. The van der Waals surface area contributed by atoms with Gasteiger partial charge >= 0.3 is 44.3 Å². The van der Waals surface area contributed by atoms with E-state index in [-0.39, 0.29) is 74.3 Å². The average molecular weight is 914 g/mol. The third kappa shape index (κ3) is 43.8. The summed E-state index contributed by atoms with van der Waals surface area (Å²) in [5.41, 5.74) is 0.312. The van der Waals surface area contributed by atoms with Crippen molar-refractivity contribution in [3.63, 3.8) is 0 Å². The molecular formula is C34H108O16Si5. The normalized spacial score (nSPS) is 9.93. The monoisotopic (exact) mass is 913 g/mol. The first-order chi connectivity index (χ1) is 21.0. The third-order valence-electron chi connectivity index (χ3n) is 6.30. The van der Waals surface area contributed by atoms with Crippen LogP contribution >= 0.6 is 0 Å². The fourth-order valence-corrected chi connectivity index (χ4v) is 9.01. The molecule has 0 heterocycles. The van der Waals surface area contributed by atoms with E-state index in [1.54, 1.807) is 85.3 Å². The second kappa shape index (κ2) is 58.8. The minimum Gasteiger partial charge on any atom is -0.377 e. The summed E-state index contributed by atoms with van der Waals surface area (Å²) >= 11 is 0. The van der Waals surface area contributed by atoms with E-state index in [0.717, 1.165) is 18.5 Å². The molecule has 0 aromatic heterocycles. The van der Waals surface area contributed by atoms with E-state index in [1.807, 2.05) is 27.3 Å². The van der Waals surface area contributed by atoms with Crippen molar-refractivity contribution in [1.29, 1.82) is 0 Å². The maximum Gasteiger partial charge on any atom is 0.676 e. The maximum atomic E-state index is 8.91. The Morgan fingerprint density at radius 2 is 0.618 bits per heavy atom. The molecule has 0 aliphatic heterocycles. The minimum atomic E-state index is -3.17. The van der Waals surface area contributed by atoms with Crippen molar-refractivity contribution in [3.05, 3.63) is 0 Å². The largest absolute Gasteiger partial charge is 0.676 e. The van der Waals surface area contributed by atoms with Crippen LogP contribution in [-0.2, 0) is 66.4 Å². The molecular weight excluding hydrogens is 805 g/mol. The molecule has 21 heteroatoms. The van der Waals surface area contributed by atoms with E-state index in [2.05, 4.69) is 20.2 Å². The van der Waals surface area contributed by atoms with E-state index in [4.69, 9.17) is 57.9 Å². The summed E-state index contributed by atoms with van der Waals surface area (Å²) in [7, 11) is 11.3. The molecule has 0 radical (unpaired) electrons. The summed E-state index contributed by atoms with van der Waals surface area (Å²) in [5, 5.41) is 0. The Labute approximate surface area is 353 Å². The van der Waals surface area contributed by atoms with E-state index in [9.17, 15) is 0 Å². The minimum absolute atomic E-state index is 0. The van der Waals surface area contributed by atoms with Gasteiger partial charge in [0.25, 0.3) is 0 Å². The molecule has 0 unspecified atom stereocenters. The lowest BCUT2D eigenvalue weighted by Gasteiger charge is -2.27. The van der Waals surface area contributed by atoms with E-state index < -0.39 is 44.3 Å². The molecule has 0 atom stereocenters. The van der Waals surface area contributed by atoms with Crippen LogP contribution in [0.2, 0.25) is 24.2 Å². The lowest BCUT2D eigenvalue weighted by molar-refractivity contribution is 0.0418. The van der Waals surface area contributed by atoms with Crippen molar-refractivity contribution in [1.82, 2.24) is 0 Å². The first-order valence-corrected chi connectivity index (χ1v) is 23.5. The van der Waals surface area contributed by atoms with Crippen LogP contribution < -0.4 is 0 Å². The summed E-state index contributed by atoms with van der Waals surface area (Å²) in [6, 6.07) is 1.70. The molecule has 0 aliphatic carbocycles. The lowest BCUT2D eigenvalue weighted by atomic mass is 10.6. The first-order valence-electron chi connectivity index (χ1n) is 14.0. The summed E-state index contributed by atoms with van der Waals surface area (Å²) < 4.78 is 74.6. The zero-order valence-corrected chi connectivity index (χ0v) is 36.8. The number of hydrogen-bond donors (Lipinski definition) is 1. The van der Waals surface area contributed by atoms with E-state index in [1.165, 1.54) is 21.3 Å². The van der Waals surface area contributed by atoms with Crippen LogP contribution in [0.3, 0.4) is 0 Å². The van der Waals surface area contributed by atoms with Gasteiger partial charge in [-0.3, -0.25) is 0 Å². The van der Waals surface area contributed by atoms with Gasteiger partial charge in [0.2, 0.25) is 0 Å². The Hall–Kier alpha value is 0.444. The number of rotatable bonds is 19. The van der Waals surface area contributed by atoms with Crippen molar-refractivity contribution in [3.8, 4) is 0 Å². The Morgan fingerprint density at radius 1 is 0.382 bits per heavy atom. The number of hydrogen-bond acceptors (Lipinski definition) is 16. The van der Waals surface area contributed by atoms with Gasteiger partial charge in [-0.15, -0.1) is 0 Å². The smallest absolute Gasteiger partial charge is 0.377 e. The highest BCUT2D eigenvalue weighted by atomic mass is 28.4. The molecule has 360 valence electrons. The third-order valence-corrected chi connectivity index (χ3v) is 18.9. The first kappa shape index (κ1) is 100. The fourth-order valence-electron chi connectivity index (χ4n) is 3.00. The summed E-state index contributed by atoms with van der Waals surface area (Å²) in [5.74, 6) is 0. The highest BCUT2D eigenvalue weighted by Crippen LogP contribution is 2.21. The highest BCUT2D eigenvalue weighted by Gasteiger charge is 2.41. The molecule has 0 bridgehead atoms. The van der Waals surface area contributed by atoms with E-state index in [0.29, 0.717) is 5.54 Å². The van der Waals surface area contributed by atoms with Crippen molar-refractivity contribution in [2.24, 2.45) is 0 Å². The quantitative estimate of drug-likeness (QED) is 0.122. The zero-order chi connectivity index (χ0) is 36.8. The van der Waals surface area contributed by atoms with Gasteiger partial charge in [0, 0.05) is 131 Å². The van der Waals surface area contributed by atoms with Crippen LogP contribution in [0.25, 0.3) is 0 Å². The van der Waals surface area contributed by atoms with Gasteiger partial charge in [-0.1, -0.05) is 108 Å². The molecule has 0 saturated heterocycles. The molecule has 0 aromatic carbocycles. The maximum absolute atomic E-state index is 8.91. The molecule has 0 saturated carbocycles. The van der Waals surface area contributed by atoms with Gasteiger partial charge in [0.1, 0.15) is 0 Å². The van der Waals surface area contributed by atoms with Gasteiger partial charge in [0.05, 0.1) is 0 Å². The summed E-state index contributed by atoms with van der Waals surface area (Å²) in [4.78, 5) is 8.91. The van der Waals surface area contributed by atoms with Crippen LogP contribution in [0.1, 0.15) is 108 Å². The van der Waals surface area contributed by atoms with Gasteiger partial charge < -0.3 is 71.2 Å². The van der Waals surface area contributed by atoms with E-state index >= 15 is 0 Å². The van der Waals surface area contributed by atoms with Gasteiger partial charge in [-0.2, -0.15) is 0 Å².